The molecule has 1 aliphatic rings. The van der Waals surface area contributed by atoms with Crippen LogP contribution in [0.15, 0.2) is 48.9 Å². The zero-order chi connectivity index (χ0) is 18.1. The zero-order valence-electron chi connectivity index (χ0n) is 14.3. The number of benzene rings is 1. The number of amides is 1. The van der Waals surface area contributed by atoms with Gasteiger partial charge in [-0.05, 0) is 36.6 Å². The summed E-state index contributed by atoms with van der Waals surface area (Å²) in [6.45, 7) is 1.31. The third-order valence-electron chi connectivity index (χ3n) is 4.94. The minimum Gasteiger partial charge on any atom is -0.341 e. The molecule has 0 aliphatic carbocycles. The lowest BCUT2D eigenvalue weighted by molar-refractivity contribution is -0.131. The first-order valence-corrected chi connectivity index (χ1v) is 8.68. The largest absolute Gasteiger partial charge is 0.341 e. The average molecular weight is 353 g/mol. The van der Waals surface area contributed by atoms with Crippen molar-refractivity contribution in [2.45, 2.75) is 24.8 Å². The van der Waals surface area contributed by atoms with Gasteiger partial charge in [0.15, 0.2) is 0 Å². The Morgan fingerprint density at radius 3 is 2.81 bits per heavy atom. The summed E-state index contributed by atoms with van der Waals surface area (Å²) in [5, 5.41) is 0. The molecule has 3 heterocycles. The van der Waals surface area contributed by atoms with E-state index in [0.717, 1.165) is 17.7 Å². The predicted molar refractivity (Wildman–Crippen MR) is 95.0 cm³/mol. The van der Waals surface area contributed by atoms with Crippen molar-refractivity contribution in [3.63, 3.8) is 0 Å². The van der Waals surface area contributed by atoms with Gasteiger partial charge >= 0.3 is 0 Å². The molecule has 134 valence electrons. The number of hydrogen-bond donors (Lipinski definition) is 1. The average Bonchev–Trinajstić information content (AvgIpc) is 3.32. The van der Waals surface area contributed by atoms with Crippen LogP contribution in [0.5, 0.6) is 0 Å². The molecule has 0 spiro atoms. The van der Waals surface area contributed by atoms with Crippen molar-refractivity contribution >= 4 is 11.7 Å². The van der Waals surface area contributed by atoms with Crippen LogP contribution < -0.4 is 5.73 Å². The van der Waals surface area contributed by atoms with E-state index in [-0.39, 0.29) is 17.6 Å². The van der Waals surface area contributed by atoms with Crippen molar-refractivity contribution in [3.8, 4) is 0 Å². The van der Waals surface area contributed by atoms with Gasteiger partial charge in [-0.1, -0.05) is 12.1 Å². The van der Waals surface area contributed by atoms with Gasteiger partial charge < -0.3 is 10.6 Å². The van der Waals surface area contributed by atoms with Gasteiger partial charge in [0.1, 0.15) is 5.82 Å². The number of carbonyl (C=O) groups excluding carboxylic acids is 1. The van der Waals surface area contributed by atoms with Gasteiger partial charge in [0.2, 0.25) is 11.7 Å². The topological polar surface area (TPSA) is 76.5 Å². The second-order valence-corrected chi connectivity index (χ2v) is 6.67. The van der Waals surface area contributed by atoms with Crippen LogP contribution in [0, 0.1) is 5.82 Å². The number of halogens is 1. The lowest BCUT2D eigenvalue weighted by atomic mass is 10.0. The molecule has 26 heavy (non-hydrogen) atoms. The Hall–Kier alpha value is -2.80. The molecule has 2 aromatic heterocycles. The Morgan fingerprint density at radius 1 is 1.23 bits per heavy atom. The molecule has 1 saturated heterocycles. The molecule has 1 amide bonds. The minimum absolute atomic E-state index is 0.0623. The second-order valence-electron chi connectivity index (χ2n) is 6.67. The van der Waals surface area contributed by atoms with E-state index in [1.807, 2.05) is 21.6 Å². The molecule has 6 nitrogen and oxygen atoms in total. The summed E-state index contributed by atoms with van der Waals surface area (Å²) < 4.78 is 15.0. The number of aromatic nitrogens is 3. The zero-order valence-corrected chi connectivity index (χ0v) is 14.3. The van der Waals surface area contributed by atoms with Gasteiger partial charge in [-0.15, -0.1) is 0 Å². The van der Waals surface area contributed by atoms with Crippen molar-refractivity contribution in [2.24, 2.45) is 5.73 Å². The van der Waals surface area contributed by atoms with Crippen molar-refractivity contribution in [3.05, 3.63) is 66.0 Å². The van der Waals surface area contributed by atoms with Gasteiger partial charge in [0.05, 0.1) is 6.04 Å². The van der Waals surface area contributed by atoms with Crippen LogP contribution in [-0.2, 0) is 11.2 Å². The van der Waals surface area contributed by atoms with Crippen LogP contribution in [0.25, 0.3) is 5.78 Å². The standard InChI is InChI=1S/C19H20FN5O/c20-15-3-1-13(2-4-15)11-16(21)18(26)24-9-6-14(12-24)17-5-7-22-19-23-8-10-25(17)19/h1-5,7-8,10,14,16H,6,9,11-12,21H2/t14-,16-/m0/s1. The monoisotopic (exact) mass is 353 g/mol. The van der Waals surface area contributed by atoms with Crippen LogP contribution in [0.4, 0.5) is 4.39 Å². The summed E-state index contributed by atoms with van der Waals surface area (Å²) in [6, 6.07) is 7.47. The van der Waals surface area contributed by atoms with E-state index in [1.165, 1.54) is 12.1 Å². The lowest BCUT2D eigenvalue weighted by Crippen LogP contribution is -2.43. The summed E-state index contributed by atoms with van der Waals surface area (Å²) >= 11 is 0. The van der Waals surface area contributed by atoms with Crippen molar-refractivity contribution in [1.82, 2.24) is 19.3 Å². The van der Waals surface area contributed by atoms with E-state index in [1.54, 1.807) is 24.5 Å². The molecule has 0 saturated carbocycles. The Balaban J connectivity index is 1.43. The van der Waals surface area contributed by atoms with Gasteiger partial charge in [-0.25, -0.2) is 14.4 Å². The summed E-state index contributed by atoms with van der Waals surface area (Å²) in [5.74, 6) is 0.545. The maximum absolute atomic E-state index is 13.0. The number of nitrogens with two attached hydrogens (primary N) is 1. The predicted octanol–water partition coefficient (Wildman–Crippen LogP) is 1.75. The number of fused-ring (bicyclic) bond motifs is 1. The molecule has 0 radical (unpaired) electrons. The number of likely N-dealkylation sites (tertiary alicyclic amines) is 1. The van der Waals surface area contributed by atoms with Gasteiger partial charge in [0.25, 0.3) is 0 Å². The van der Waals surface area contributed by atoms with E-state index < -0.39 is 6.04 Å². The third-order valence-corrected chi connectivity index (χ3v) is 4.94. The first-order chi connectivity index (χ1) is 12.6. The molecule has 7 heteroatoms. The maximum atomic E-state index is 13.0. The Bertz CT molecular complexity index is 923. The summed E-state index contributed by atoms with van der Waals surface area (Å²) in [6.07, 6.45) is 6.65. The molecule has 0 unspecified atom stereocenters. The number of carbonyl (C=O) groups is 1. The molecule has 3 aromatic rings. The highest BCUT2D eigenvalue weighted by molar-refractivity contribution is 5.82. The van der Waals surface area contributed by atoms with Crippen molar-refractivity contribution < 1.29 is 9.18 Å². The quantitative estimate of drug-likeness (QED) is 0.775. The van der Waals surface area contributed by atoms with E-state index in [9.17, 15) is 9.18 Å². The fraction of sp³-hybridized carbons (Fsp3) is 0.316. The number of rotatable bonds is 4. The first kappa shape index (κ1) is 16.7. The first-order valence-electron chi connectivity index (χ1n) is 8.68. The van der Waals surface area contributed by atoms with E-state index >= 15 is 0 Å². The Labute approximate surface area is 150 Å². The van der Waals surface area contributed by atoms with Crippen LogP contribution in [0.3, 0.4) is 0 Å². The summed E-state index contributed by atoms with van der Waals surface area (Å²) in [4.78, 5) is 23.0. The highest BCUT2D eigenvalue weighted by Gasteiger charge is 2.31. The SMILES string of the molecule is N[C@@H](Cc1ccc(F)cc1)C(=O)N1CC[C@H](c2ccnc3nccn23)C1. The molecule has 2 N–H and O–H groups in total. The molecular formula is C19H20FN5O. The highest BCUT2D eigenvalue weighted by Crippen LogP contribution is 2.27. The van der Waals surface area contributed by atoms with E-state index in [2.05, 4.69) is 9.97 Å². The molecule has 2 atom stereocenters. The Morgan fingerprint density at radius 2 is 2.00 bits per heavy atom. The van der Waals surface area contributed by atoms with Crippen molar-refractivity contribution in [1.29, 1.82) is 0 Å². The molecule has 1 fully saturated rings. The lowest BCUT2D eigenvalue weighted by Gasteiger charge is -2.21. The molecule has 4 rings (SSSR count). The third kappa shape index (κ3) is 3.17. The fourth-order valence-electron chi connectivity index (χ4n) is 3.58. The van der Waals surface area contributed by atoms with E-state index in [4.69, 9.17) is 5.73 Å². The molecule has 1 aliphatic heterocycles. The molecular weight excluding hydrogens is 333 g/mol. The second kappa shape index (κ2) is 6.84. The Kier molecular flexibility index (Phi) is 4.38. The number of nitrogens with zero attached hydrogens (tertiary/aromatic N) is 4. The van der Waals surface area contributed by atoms with Crippen LogP contribution in [0.1, 0.15) is 23.6 Å². The van der Waals surface area contributed by atoms with Crippen LogP contribution in [-0.4, -0.2) is 44.3 Å². The normalized spacial score (nSPS) is 18.4. The molecule has 1 aromatic carbocycles. The fourth-order valence-corrected chi connectivity index (χ4v) is 3.58. The number of imidazole rings is 1. The summed E-state index contributed by atoms with van der Waals surface area (Å²) in [7, 11) is 0. The van der Waals surface area contributed by atoms with Crippen LogP contribution >= 0.6 is 0 Å². The minimum atomic E-state index is -0.620. The van der Waals surface area contributed by atoms with Crippen LogP contribution in [0.2, 0.25) is 0 Å². The highest BCUT2D eigenvalue weighted by atomic mass is 19.1. The van der Waals surface area contributed by atoms with Crippen molar-refractivity contribution in [2.75, 3.05) is 13.1 Å². The van der Waals surface area contributed by atoms with Gasteiger partial charge in [-0.3, -0.25) is 9.20 Å². The van der Waals surface area contributed by atoms with Gasteiger partial charge in [-0.2, -0.15) is 0 Å². The molecule has 0 bridgehead atoms. The maximum Gasteiger partial charge on any atom is 0.239 e. The van der Waals surface area contributed by atoms with Gasteiger partial charge in [0, 0.05) is 43.3 Å². The smallest absolute Gasteiger partial charge is 0.239 e. The number of hydrogen-bond acceptors (Lipinski definition) is 4. The summed E-state index contributed by atoms with van der Waals surface area (Å²) in [5.41, 5.74) is 8.08. The van der Waals surface area contributed by atoms with E-state index in [0.29, 0.717) is 25.3 Å².